The maximum Gasteiger partial charge on any atom is 0.135 e. The van der Waals surface area contributed by atoms with E-state index in [0.717, 1.165) is 40.3 Å². The van der Waals surface area contributed by atoms with Gasteiger partial charge in [0.15, 0.2) is 0 Å². The van der Waals surface area contributed by atoms with Gasteiger partial charge >= 0.3 is 0 Å². The molecular weight excluding hydrogens is 316 g/mol. The van der Waals surface area contributed by atoms with E-state index in [4.69, 9.17) is 5.26 Å². The number of nitriles is 1. The zero-order valence-corrected chi connectivity index (χ0v) is 12.8. The van der Waals surface area contributed by atoms with E-state index in [0.29, 0.717) is 6.42 Å². The van der Waals surface area contributed by atoms with E-state index in [-0.39, 0.29) is 0 Å². The van der Waals surface area contributed by atoms with Crippen LogP contribution >= 0.6 is 15.9 Å². The van der Waals surface area contributed by atoms with Crippen LogP contribution in [0.4, 0.5) is 11.5 Å². The number of nitrogens with zero attached hydrogens (tertiary/aromatic N) is 3. The Balaban J connectivity index is 2.14. The lowest BCUT2D eigenvalue weighted by Crippen LogP contribution is -2.00. The third-order valence-electron chi connectivity index (χ3n) is 2.72. The molecule has 2 aromatic rings. The van der Waals surface area contributed by atoms with Gasteiger partial charge in [-0.1, -0.05) is 19.1 Å². The molecule has 0 saturated carbocycles. The molecule has 1 N–H and O–H groups in total. The van der Waals surface area contributed by atoms with Crippen LogP contribution in [0, 0.1) is 11.3 Å². The van der Waals surface area contributed by atoms with Crippen molar-refractivity contribution < 1.29 is 0 Å². The smallest absolute Gasteiger partial charge is 0.135 e. The van der Waals surface area contributed by atoms with Gasteiger partial charge in [0.05, 0.1) is 12.5 Å². The van der Waals surface area contributed by atoms with Crippen molar-refractivity contribution in [2.45, 2.75) is 26.2 Å². The first-order valence-electron chi connectivity index (χ1n) is 6.47. The topological polar surface area (TPSA) is 61.6 Å². The van der Waals surface area contributed by atoms with E-state index >= 15 is 0 Å². The van der Waals surface area contributed by atoms with Gasteiger partial charge in [-0.05, 0) is 40.0 Å². The van der Waals surface area contributed by atoms with Gasteiger partial charge in [0.1, 0.15) is 16.2 Å². The maximum atomic E-state index is 8.65. The highest BCUT2D eigenvalue weighted by molar-refractivity contribution is 9.10. The summed E-state index contributed by atoms with van der Waals surface area (Å²) in [5, 5.41) is 11.9. The van der Waals surface area contributed by atoms with Crippen LogP contribution in [0.25, 0.3) is 0 Å². The fraction of sp³-hybridized carbons (Fsp3) is 0.267. The quantitative estimate of drug-likeness (QED) is 0.841. The summed E-state index contributed by atoms with van der Waals surface area (Å²) in [5.41, 5.74) is 1.95. The van der Waals surface area contributed by atoms with Crippen LogP contribution in [-0.2, 0) is 12.8 Å². The number of anilines is 2. The molecule has 0 radical (unpaired) electrons. The molecule has 0 spiro atoms. The molecule has 4 nitrogen and oxygen atoms in total. The molecule has 0 unspecified atom stereocenters. The fourth-order valence-corrected chi connectivity index (χ4v) is 2.23. The van der Waals surface area contributed by atoms with E-state index < -0.39 is 0 Å². The molecule has 102 valence electrons. The number of rotatable bonds is 5. The van der Waals surface area contributed by atoms with Crippen molar-refractivity contribution in [3.05, 3.63) is 46.3 Å². The van der Waals surface area contributed by atoms with Gasteiger partial charge < -0.3 is 5.32 Å². The maximum absolute atomic E-state index is 8.65. The second-order valence-electron chi connectivity index (χ2n) is 4.40. The average Bonchev–Trinajstić information content (AvgIpc) is 2.41. The summed E-state index contributed by atoms with van der Waals surface area (Å²) in [5.74, 6) is 1.59. The molecule has 1 aromatic heterocycles. The van der Waals surface area contributed by atoms with E-state index in [1.165, 1.54) is 0 Å². The third-order valence-corrected chi connectivity index (χ3v) is 3.13. The zero-order chi connectivity index (χ0) is 14.4. The van der Waals surface area contributed by atoms with Crippen molar-refractivity contribution >= 4 is 27.4 Å². The number of nitrogens with one attached hydrogen (secondary N) is 1. The first-order valence-corrected chi connectivity index (χ1v) is 7.27. The van der Waals surface area contributed by atoms with Crippen molar-refractivity contribution in [1.29, 1.82) is 5.26 Å². The van der Waals surface area contributed by atoms with Crippen LogP contribution < -0.4 is 5.32 Å². The summed E-state index contributed by atoms with van der Waals surface area (Å²) < 4.78 is 0.777. The number of aryl methyl sites for hydroxylation is 1. The number of aromatic nitrogens is 2. The van der Waals surface area contributed by atoms with Crippen LogP contribution in [-0.4, -0.2) is 9.97 Å². The van der Waals surface area contributed by atoms with Crippen LogP contribution in [0.15, 0.2) is 34.9 Å². The van der Waals surface area contributed by atoms with Crippen LogP contribution in [0.3, 0.4) is 0 Å². The van der Waals surface area contributed by atoms with Gasteiger partial charge in [-0.3, -0.25) is 0 Å². The second-order valence-corrected chi connectivity index (χ2v) is 5.21. The fourth-order valence-electron chi connectivity index (χ4n) is 1.81. The molecule has 0 saturated heterocycles. The normalized spacial score (nSPS) is 10.1. The van der Waals surface area contributed by atoms with Gasteiger partial charge in [0.25, 0.3) is 0 Å². The molecule has 0 fully saturated rings. The largest absolute Gasteiger partial charge is 0.340 e. The Kier molecular flexibility index (Phi) is 5.08. The lowest BCUT2D eigenvalue weighted by atomic mass is 10.1. The molecule has 2 rings (SSSR count). The summed E-state index contributed by atoms with van der Waals surface area (Å²) in [6, 6.07) is 11.8. The number of hydrogen-bond donors (Lipinski definition) is 1. The Morgan fingerprint density at radius 2 is 2.00 bits per heavy atom. The van der Waals surface area contributed by atoms with E-state index in [2.05, 4.69) is 44.2 Å². The summed E-state index contributed by atoms with van der Waals surface area (Å²) in [7, 11) is 0. The van der Waals surface area contributed by atoms with Crippen molar-refractivity contribution in [2.24, 2.45) is 0 Å². The van der Waals surface area contributed by atoms with Crippen LogP contribution in [0.1, 0.15) is 24.7 Å². The van der Waals surface area contributed by atoms with Crippen molar-refractivity contribution in [3.8, 4) is 6.07 Å². The van der Waals surface area contributed by atoms with Gasteiger partial charge in [-0.2, -0.15) is 5.26 Å². The highest BCUT2D eigenvalue weighted by Crippen LogP contribution is 2.19. The Hall–Kier alpha value is -1.93. The first-order chi connectivity index (χ1) is 9.71. The van der Waals surface area contributed by atoms with Gasteiger partial charge in [0.2, 0.25) is 0 Å². The third kappa shape index (κ3) is 4.04. The van der Waals surface area contributed by atoms with Gasteiger partial charge in [0, 0.05) is 18.2 Å². The zero-order valence-electron chi connectivity index (χ0n) is 11.2. The summed E-state index contributed by atoms with van der Waals surface area (Å²) >= 11 is 3.40. The molecule has 0 bridgehead atoms. The molecule has 20 heavy (non-hydrogen) atoms. The van der Waals surface area contributed by atoms with Crippen LogP contribution in [0.2, 0.25) is 0 Å². The summed E-state index contributed by atoms with van der Waals surface area (Å²) in [4.78, 5) is 8.81. The molecular formula is C15H15BrN4. The average molecular weight is 331 g/mol. The monoisotopic (exact) mass is 330 g/mol. The molecule has 1 aromatic carbocycles. The van der Waals surface area contributed by atoms with Gasteiger partial charge in [-0.25, -0.2) is 9.97 Å². The minimum atomic E-state index is 0.431. The Labute approximate surface area is 127 Å². The minimum absolute atomic E-state index is 0.431. The second kappa shape index (κ2) is 7.01. The molecule has 1 heterocycles. The lowest BCUT2D eigenvalue weighted by molar-refractivity contribution is 0.831. The highest BCUT2D eigenvalue weighted by Gasteiger charge is 2.03. The van der Waals surface area contributed by atoms with E-state index in [1.54, 1.807) is 0 Å². The molecule has 0 amide bonds. The van der Waals surface area contributed by atoms with E-state index in [1.807, 2.05) is 30.3 Å². The number of halogens is 1. The number of hydrogen-bond acceptors (Lipinski definition) is 4. The predicted molar refractivity (Wildman–Crippen MR) is 82.8 cm³/mol. The molecule has 0 aliphatic heterocycles. The molecule has 0 aliphatic carbocycles. The van der Waals surface area contributed by atoms with Crippen LogP contribution in [0.5, 0.6) is 0 Å². The molecule has 0 atom stereocenters. The lowest BCUT2D eigenvalue weighted by Gasteiger charge is -2.08. The van der Waals surface area contributed by atoms with Gasteiger partial charge in [-0.15, -0.1) is 0 Å². The molecule has 0 aliphatic rings. The Morgan fingerprint density at radius 1 is 1.25 bits per heavy atom. The highest BCUT2D eigenvalue weighted by atomic mass is 79.9. The minimum Gasteiger partial charge on any atom is -0.340 e. The van der Waals surface area contributed by atoms with E-state index in [9.17, 15) is 0 Å². The SMILES string of the molecule is CCCc1nc(Br)cc(Nc2ccc(CC#N)cc2)n1. The number of benzene rings is 1. The molecule has 5 heteroatoms. The Bertz CT molecular complexity index is 617. The van der Waals surface area contributed by atoms with Crippen molar-refractivity contribution in [3.63, 3.8) is 0 Å². The Morgan fingerprint density at radius 3 is 2.65 bits per heavy atom. The standard InChI is InChI=1S/C15H15BrN4/c1-2-3-14-19-13(16)10-15(20-14)18-12-6-4-11(5-7-12)8-9-17/h4-7,10H,2-3,8H2,1H3,(H,18,19,20). The summed E-state index contributed by atoms with van der Waals surface area (Å²) in [6.45, 7) is 2.10. The summed E-state index contributed by atoms with van der Waals surface area (Å²) in [6.07, 6.45) is 2.30. The predicted octanol–water partition coefficient (Wildman–Crippen LogP) is 4.00. The van der Waals surface area contributed by atoms with Crippen molar-refractivity contribution in [1.82, 2.24) is 9.97 Å². The first kappa shape index (κ1) is 14.5. The van der Waals surface area contributed by atoms with Crippen molar-refractivity contribution in [2.75, 3.05) is 5.32 Å².